The van der Waals surface area contributed by atoms with E-state index in [-0.39, 0.29) is 37.8 Å². The van der Waals surface area contributed by atoms with Crippen molar-refractivity contribution in [1.82, 2.24) is 9.21 Å². The van der Waals surface area contributed by atoms with E-state index in [1.807, 2.05) is 0 Å². The van der Waals surface area contributed by atoms with E-state index in [4.69, 9.17) is 16.0 Å². The Balaban J connectivity index is 1.76. The first-order valence-electron chi connectivity index (χ1n) is 8.23. The zero-order valence-corrected chi connectivity index (χ0v) is 16.2. The highest BCUT2D eigenvalue weighted by atomic mass is 35.5. The highest BCUT2D eigenvalue weighted by Crippen LogP contribution is 2.36. The van der Waals surface area contributed by atoms with Crippen LogP contribution in [0.25, 0.3) is 0 Å². The summed E-state index contributed by atoms with van der Waals surface area (Å²) >= 11 is 5.55. The van der Waals surface area contributed by atoms with Gasteiger partial charge in [0.1, 0.15) is 5.76 Å². The summed E-state index contributed by atoms with van der Waals surface area (Å²) in [4.78, 5) is 13.3. The van der Waals surface area contributed by atoms with Gasteiger partial charge in [-0.1, -0.05) is 11.6 Å². The van der Waals surface area contributed by atoms with Crippen molar-refractivity contribution < 1.29 is 30.8 Å². The number of rotatable bonds is 3. The number of furan rings is 1. The number of amides is 1. The van der Waals surface area contributed by atoms with Gasteiger partial charge in [-0.15, -0.1) is 0 Å². The fraction of sp³-hybridized carbons (Fsp3) is 0.353. The first kappa shape index (κ1) is 20.7. The number of aryl methyl sites for hydroxylation is 1. The Morgan fingerprint density at radius 3 is 2.29 bits per heavy atom. The highest BCUT2D eigenvalue weighted by molar-refractivity contribution is 7.89. The van der Waals surface area contributed by atoms with E-state index < -0.39 is 31.7 Å². The molecule has 0 spiro atoms. The molecule has 28 heavy (non-hydrogen) atoms. The van der Waals surface area contributed by atoms with Gasteiger partial charge in [-0.3, -0.25) is 4.79 Å². The van der Waals surface area contributed by atoms with Crippen LogP contribution in [0.2, 0.25) is 5.02 Å². The Morgan fingerprint density at radius 1 is 1.11 bits per heavy atom. The van der Waals surface area contributed by atoms with Gasteiger partial charge >= 0.3 is 6.18 Å². The number of nitrogens with zero attached hydrogens (tertiary/aromatic N) is 2. The van der Waals surface area contributed by atoms with E-state index in [1.165, 1.54) is 11.0 Å². The lowest BCUT2D eigenvalue weighted by atomic mass is 10.2. The summed E-state index contributed by atoms with van der Waals surface area (Å²) in [6.45, 7) is 1.80. The molecule has 0 unspecified atom stereocenters. The average molecular weight is 437 g/mol. The van der Waals surface area contributed by atoms with Gasteiger partial charge in [0.2, 0.25) is 10.0 Å². The molecule has 0 aliphatic carbocycles. The maximum atomic E-state index is 13.0. The lowest BCUT2D eigenvalue weighted by molar-refractivity contribution is -0.137. The molecule has 0 saturated carbocycles. The summed E-state index contributed by atoms with van der Waals surface area (Å²) in [5.41, 5.74) is -1.21. The smallest absolute Gasteiger partial charge is 0.417 e. The summed E-state index contributed by atoms with van der Waals surface area (Å²) < 4.78 is 70.8. The molecule has 3 rings (SSSR count). The SMILES string of the molecule is Cc1ccc(C(=O)N2CCN(S(=O)(=O)c3ccc(Cl)c(C(F)(F)F)c3)CC2)o1. The molecular formula is C17H16ClF3N2O4S. The summed E-state index contributed by atoms with van der Waals surface area (Å²) in [6.07, 6.45) is -4.77. The topological polar surface area (TPSA) is 70.8 Å². The standard InChI is InChI=1S/C17H16ClF3N2O4S/c1-11-2-5-15(27-11)16(24)22-6-8-23(9-7-22)28(25,26)12-3-4-14(18)13(10-12)17(19,20)21/h2-5,10H,6-9H2,1H3. The molecule has 2 aromatic rings. The molecule has 2 heterocycles. The van der Waals surface area contributed by atoms with E-state index in [0.29, 0.717) is 11.8 Å². The summed E-state index contributed by atoms with van der Waals surface area (Å²) in [6, 6.07) is 5.66. The van der Waals surface area contributed by atoms with E-state index in [1.54, 1.807) is 13.0 Å². The van der Waals surface area contributed by atoms with Crippen molar-refractivity contribution >= 4 is 27.5 Å². The molecule has 0 bridgehead atoms. The van der Waals surface area contributed by atoms with E-state index >= 15 is 0 Å². The van der Waals surface area contributed by atoms with Gasteiger partial charge < -0.3 is 9.32 Å². The molecule has 1 aliphatic rings. The largest absolute Gasteiger partial charge is 0.456 e. The number of halogens is 4. The van der Waals surface area contributed by atoms with Crippen molar-refractivity contribution in [3.63, 3.8) is 0 Å². The van der Waals surface area contributed by atoms with Gasteiger partial charge in [0.15, 0.2) is 5.76 Å². The minimum absolute atomic E-state index is 0.0439. The van der Waals surface area contributed by atoms with Crippen LogP contribution in [0.3, 0.4) is 0 Å². The number of hydrogen-bond acceptors (Lipinski definition) is 4. The second kappa shape index (κ2) is 7.41. The number of carbonyl (C=O) groups excluding carboxylic acids is 1. The highest BCUT2D eigenvalue weighted by Gasteiger charge is 2.36. The minimum atomic E-state index is -4.77. The monoisotopic (exact) mass is 436 g/mol. The Hall–Kier alpha value is -2.04. The second-order valence-corrected chi connectivity index (χ2v) is 8.59. The zero-order chi connectivity index (χ0) is 20.7. The van der Waals surface area contributed by atoms with Gasteiger partial charge in [-0.2, -0.15) is 17.5 Å². The molecule has 0 N–H and O–H groups in total. The first-order valence-corrected chi connectivity index (χ1v) is 10.0. The van der Waals surface area contributed by atoms with Crippen LogP contribution in [-0.2, 0) is 16.2 Å². The van der Waals surface area contributed by atoms with Crippen LogP contribution in [0.4, 0.5) is 13.2 Å². The Bertz CT molecular complexity index is 996. The molecule has 11 heteroatoms. The number of carbonyl (C=O) groups is 1. The first-order chi connectivity index (χ1) is 13.0. The minimum Gasteiger partial charge on any atom is -0.456 e. The third-order valence-corrected chi connectivity index (χ3v) is 6.58. The van der Waals surface area contributed by atoms with Gasteiger partial charge in [-0.25, -0.2) is 8.42 Å². The van der Waals surface area contributed by atoms with Crippen molar-refractivity contribution in [3.05, 3.63) is 52.4 Å². The van der Waals surface area contributed by atoms with Crippen LogP contribution in [-0.4, -0.2) is 49.7 Å². The summed E-state index contributed by atoms with van der Waals surface area (Å²) in [5, 5.41) is -0.574. The van der Waals surface area contributed by atoms with Crippen molar-refractivity contribution in [1.29, 1.82) is 0 Å². The number of sulfonamides is 1. The lowest BCUT2D eigenvalue weighted by Gasteiger charge is -2.33. The van der Waals surface area contributed by atoms with E-state index in [9.17, 15) is 26.4 Å². The van der Waals surface area contributed by atoms with Crippen molar-refractivity contribution in [2.45, 2.75) is 18.0 Å². The van der Waals surface area contributed by atoms with E-state index in [0.717, 1.165) is 16.4 Å². The second-order valence-electron chi connectivity index (χ2n) is 6.25. The summed E-state index contributed by atoms with van der Waals surface area (Å²) in [5.74, 6) is 0.366. The van der Waals surface area contributed by atoms with Crippen LogP contribution in [0.1, 0.15) is 21.9 Å². The predicted molar refractivity (Wildman–Crippen MR) is 94.6 cm³/mol. The fourth-order valence-corrected chi connectivity index (χ4v) is 4.54. The van der Waals surface area contributed by atoms with Crippen LogP contribution in [0, 0.1) is 6.92 Å². The molecule has 1 fully saturated rings. The predicted octanol–water partition coefficient (Wildman–Crippen LogP) is 3.41. The molecule has 1 aromatic heterocycles. The maximum absolute atomic E-state index is 13.0. The average Bonchev–Trinajstić information content (AvgIpc) is 3.07. The van der Waals surface area contributed by atoms with E-state index in [2.05, 4.69) is 0 Å². The van der Waals surface area contributed by atoms with Gasteiger partial charge in [-0.05, 0) is 37.3 Å². The molecule has 6 nitrogen and oxygen atoms in total. The number of piperazine rings is 1. The molecule has 1 aliphatic heterocycles. The van der Waals surface area contributed by atoms with Crippen molar-refractivity contribution in [2.24, 2.45) is 0 Å². The number of hydrogen-bond donors (Lipinski definition) is 0. The molecule has 1 saturated heterocycles. The third kappa shape index (κ3) is 4.03. The van der Waals surface area contributed by atoms with Gasteiger partial charge in [0.05, 0.1) is 15.5 Å². The summed E-state index contributed by atoms with van der Waals surface area (Å²) in [7, 11) is -4.16. The zero-order valence-electron chi connectivity index (χ0n) is 14.7. The molecular weight excluding hydrogens is 421 g/mol. The maximum Gasteiger partial charge on any atom is 0.417 e. The molecule has 0 radical (unpaired) electrons. The lowest BCUT2D eigenvalue weighted by Crippen LogP contribution is -2.50. The third-order valence-electron chi connectivity index (χ3n) is 4.36. The fourth-order valence-electron chi connectivity index (χ4n) is 2.87. The van der Waals surface area contributed by atoms with Crippen LogP contribution >= 0.6 is 11.6 Å². The van der Waals surface area contributed by atoms with Gasteiger partial charge in [0.25, 0.3) is 5.91 Å². The van der Waals surface area contributed by atoms with Crippen molar-refractivity contribution in [2.75, 3.05) is 26.2 Å². The molecule has 152 valence electrons. The molecule has 1 aromatic carbocycles. The normalized spacial score (nSPS) is 16.4. The Kier molecular flexibility index (Phi) is 5.48. The van der Waals surface area contributed by atoms with Gasteiger partial charge in [0, 0.05) is 26.2 Å². The van der Waals surface area contributed by atoms with Crippen LogP contribution < -0.4 is 0 Å². The number of alkyl halides is 3. The Labute approximate surface area is 164 Å². The quantitative estimate of drug-likeness (QED) is 0.739. The molecule has 0 atom stereocenters. The number of benzene rings is 1. The van der Waals surface area contributed by atoms with Crippen molar-refractivity contribution in [3.8, 4) is 0 Å². The Morgan fingerprint density at radius 2 is 1.75 bits per heavy atom. The van der Waals surface area contributed by atoms with Crippen LogP contribution in [0.15, 0.2) is 39.6 Å². The van der Waals surface area contributed by atoms with Crippen LogP contribution in [0.5, 0.6) is 0 Å². The molecule has 1 amide bonds.